The molecule has 0 aliphatic rings. The Bertz CT molecular complexity index is 313. The van der Waals surface area contributed by atoms with Crippen LogP contribution in [-0.2, 0) is 43.0 Å². The van der Waals surface area contributed by atoms with E-state index >= 15 is 0 Å². The number of phenolic OH excluding ortho intramolecular Hbond substituents is 1. The van der Waals surface area contributed by atoms with E-state index in [1.165, 1.54) is 0 Å². The second-order valence-corrected chi connectivity index (χ2v) is 3.28. The molecule has 0 bridgehead atoms. The monoisotopic (exact) mass is 266 g/mol. The van der Waals surface area contributed by atoms with Crippen molar-refractivity contribution in [3.05, 3.63) is 29.8 Å². The van der Waals surface area contributed by atoms with Gasteiger partial charge in [0.15, 0.2) is 0 Å². The molecule has 14 heavy (non-hydrogen) atoms. The minimum absolute atomic E-state index is 0. The van der Waals surface area contributed by atoms with Crippen molar-refractivity contribution in [2.45, 2.75) is 19.4 Å². The molecule has 73 valence electrons. The van der Waals surface area contributed by atoms with Crippen molar-refractivity contribution < 1.29 is 42.6 Å². The number of hydrogen-bond acceptors (Lipinski definition) is 2. The third-order valence-corrected chi connectivity index (χ3v) is 1.82. The van der Waals surface area contributed by atoms with Crippen molar-refractivity contribution in [3.63, 3.8) is 0 Å². The van der Waals surface area contributed by atoms with Gasteiger partial charge < -0.3 is 15.2 Å². The van der Waals surface area contributed by atoms with Crippen LogP contribution < -0.4 is 5.32 Å². The average molecular weight is 266 g/mol. The quantitative estimate of drug-likeness (QED) is 0.635. The van der Waals surface area contributed by atoms with Crippen molar-refractivity contribution in [1.29, 1.82) is 0 Å². The van der Waals surface area contributed by atoms with E-state index in [1.54, 1.807) is 38.5 Å². The maximum atomic E-state index is 10.2. The summed E-state index contributed by atoms with van der Waals surface area (Å²) in [7, 11) is 0. The summed E-state index contributed by atoms with van der Waals surface area (Å²) in [4.78, 5) is 10.2. The van der Waals surface area contributed by atoms with E-state index in [9.17, 15) is 9.90 Å². The molecule has 0 unspecified atom stereocenters. The van der Waals surface area contributed by atoms with E-state index in [1.807, 2.05) is 0 Å². The summed E-state index contributed by atoms with van der Waals surface area (Å²) >= 11 is 0. The Balaban J connectivity index is 0.00000169. The zero-order valence-corrected chi connectivity index (χ0v) is 11.0. The first-order chi connectivity index (χ1) is 6.08. The van der Waals surface area contributed by atoms with Crippen LogP contribution in [0.2, 0.25) is 0 Å². The third-order valence-electron chi connectivity index (χ3n) is 1.82. The second kappa shape index (κ2) is 5.47. The maximum absolute atomic E-state index is 10.2. The summed E-state index contributed by atoms with van der Waals surface area (Å²) in [5, 5.41) is 12.0. The van der Waals surface area contributed by atoms with Crippen LogP contribution in [0, 0.1) is 6.07 Å². The molecule has 1 rings (SSSR count). The molecule has 2 N–H and O–H groups in total. The smallest absolute Gasteiger partial charge is 0.00959 e. The molecule has 0 spiro atoms. The third kappa shape index (κ3) is 3.07. The van der Waals surface area contributed by atoms with E-state index in [0.29, 0.717) is 5.56 Å². The standard InChI is InChI=1S/C10H11NO2.Y/c1-10(2,11-7-12)8-5-3-4-6-9(8)13;/h3-4,6,13H,1-2H3,(H,11,12);/q-2;. The van der Waals surface area contributed by atoms with E-state index in [0.717, 1.165) is 0 Å². The zero-order chi connectivity index (χ0) is 9.90. The predicted octanol–water partition coefficient (Wildman–Crippen LogP) is 1.08. The van der Waals surface area contributed by atoms with Gasteiger partial charge in [-0.15, -0.1) is 6.07 Å². The normalized spacial score (nSPS) is 10.1. The molecule has 0 saturated carbocycles. The van der Waals surface area contributed by atoms with Gasteiger partial charge in [0.25, 0.3) is 0 Å². The van der Waals surface area contributed by atoms with E-state index in [2.05, 4.69) is 11.4 Å². The number of phenols is 1. The van der Waals surface area contributed by atoms with Crippen molar-refractivity contribution >= 4 is 6.41 Å². The van der Waals surface area contributed by atoms with Gasteiger partial charge in [-0.2, -0.15) is 24.6 Å². The molecule has 1 aromatic rings. The van der Waals surface area contributed by atoms with Gasteiger partial charge in [-0.05, 0) is 13.8 Å². The molecule has 1 radical (unpaired) electrons. The fourth-order valence-corrected chi connectivity index (χ4v) is 1.12. The van der Waals surface area contributed by atoms with Gasteiger partial charge in [0.2, 0.25) is 0 Å². The maximum Gasteiger partial charge on any atom is 0.00959 e. The Kier molecular flexibility index (Phi) is 5.31. The van der Waals surface area contributed by atoms with Gasteiger partial charge in [0.05, 0.1) is 0 Å². The molecule has 0 aliphatic heterocycles. The van der Waals surface area contributed by atoms with Gasteiger partial charge in [0.1, 0.15) is 0 Å². The minimum atomic E-state index is -0.646. The molecular weight excluding hydrogens is 255 g/mol. The molecule has 0 atom stereocenters. The fourth-order valence-electron chi connectivity index (χ4n) is 1.12. The van der Waals surface area contributed by atoms with Crippen LogP contribution in [0.1, 0.15) is 19.4 Å². The van der Waals surface area contributed by atoms with Crippen LogP contribution in [0.3, 0.4) is 0 Å². The largest absolute Gasteiger partial charge is 0.565 e. The fraction of sp³-hybridized carbons (Fsp3) is 0.300. The molecule has 1 aromatic carbocycles. The first-order valence-electron chi connectivity index (χ1n) is 3.92. The number of benzene rings is 1. The van der Waals surface area contributed by atoms with Crippen LogP contribution in [-0.4, -0.2) is 11.5 Å². The van der Waals surface area contributed by atoms with Crippen LogP contribution in [0.4, 0.5) is 0 Å². The summed E-state index contributed by atoms with van der Waals surface area (Å²) in [6.07, 6.45) is 1.60. The molecule has 1 amide bonds. The van der Waals surface area contributed by atoms with Gasteiger partial charge >= 0.3 is 0 Å². The first-order valence-corrected chi connectivity index (χ1v) is 3.92. The van der Waals surface area contributed by atoms with Crippen LogP contribution in [0.25, 0.3) is 0 Å². The molecule has 4 heteroatoms. The zero-order valence-electron chi connectivity index (χ0n) is 8.16. The van der Waals surface area contributed by atoms with Crippen LogP contribution in [0.5, 0.6) is 5.75 Å². The summed E-state index contributed by atoms with van der Waals surface area (Å²) < 4.78 is 0. The minimum Gasteiger partial charge on any atom is -0.565 e. The number of hydrogen-bond donors (Lipinski definition) is 2. The van der Waals surface area contributed by atoms with E-state index < -0.39 is 5.54 Å². The number of nitrogens with one attached hydrogen (secondary N) is 1. The Labute approximate surface area is 109 Å². The summed E-state index contributed by atoms with van der Waals surface area (Å²) in [6.45, 7) is 3.53. The van der Waals surface area contributed by atoms with E-state index in [4.69, 9.17) is 0 Å². The number of amides is 1. The van der Waals surface area contributed by atoms with E-state index in [-0.39, 0.29) is 38.5 Å². The molecular formula is C10H11NO2Y-2. The number of aromatic hydroxyl groups is 1. The van der Waals surface area contributed by atoms with Gasteiger partial charge in [0, 0.05) is 44.0 Å². The molecule has 0 aromatic heterocycles. The summed E-state index contributed by atoms with van der Waals surface area (Å²) in [6, 6.07) is 7.79. The molecule has 0 fully saturated rings. The van der Waals surface area contributed by atoms with Crippen molar-refractivity contribution in [1.82, 2.24) is 5.32 Å². The van der Waals surface area contributed by atoms with Gasteiger partial charge in [-0.1, -0.05) is 5.56 Å². The Hall–Kier alpha value is -0.406. The van der Waals surface area contributed by atoms with Crippen LogP contribution in [0.15, 0.2) is 18.2 Å². The van der Waals surface area contributed by atoms with Crippen molar-refractivity contribution in [2.24, 2.45) is 0 Å². The SMILES string of the molecule is CC(C)(N[C-]=O)c1[c-]cccc1O.[Y]. The predicted molar refractivity (Wildman–Crippen MR) is 48.8 cm³/mol. The first kappa shape index (κ1) is 13.6. The topological polar surface area (TPSA) is 49.3 Å². The van der Waals surface area contributed by atoms with Gasteiger partial charge in [-0.25, -0.2) is 0 Å². The van der Waals surface area contributed by atoms with Crippen molar-refractivity contribution in [2.75, 3.05) is 0 Å². The Morgan fingerprint density at radius 2 is 2.21 bits per heavy atom. The summed E-state index contributed by atoms with van der Waals surface area (Å²) in [5.74, 6) is 0.121. The number of carbonyl (C=O) groups excluding carboxylic acids is 1. The second-order valence-electron chi connectivity index (χ2n) is 3.28. The Morgan fingerprint density at radius 3 is 2.71 bits per heavy atom. The summed E-state index contributed by atoms with van der Waals surface area (Å²) in [5.41, 5.74) is -0.0917. The van der Waals surface area contributed by atoms with Crippen LogP contribution >= 0.6 is 0 Å². The van der Waals surface area contributed by atoms with Crippen molar-refractivity contribution in [3.8, 4) is 5.75 Å². The molecule has 0 heterocycles. The molecule has 0 saturated heterocycles. The molecule has 0 aliphatic carbocycles. The number of rotatable bonds is 3. The Morgan fingerprint density at radius 1 is 1.57 bits per heavy atom. The van der Waals surface area contributed by atoms with Gasteiger partial charge in [-0.3, -0.25) is 0 Å². The average Bonchev–Trinajstić information content (AvgIpc) is 2.04. The molecule has 3 nitrogen and oxygen atoms in total.